The van der Waals surface area contributed by atoms with E-state index in [2.05, 4.69) is 5.43 Å². The van der Waals surface area contributed by atoms with Crippen molar-refractivity contribution in [2.45, 2.75) is 13.0 Å². The van der Waals surface area contributed by atoms with Crippen LogP contribution >= 0.6 is 23.2 Å². The molecule has 0 radical (unpaired) electrons. The number of hydrogen-bond acceptors (Lipinski definition) is 2. The summed E-state index contributed by atoms with van der Waals surface area (Å²) in [5, 5.41) is 2.30. The van der Waals surface area contributed by atoms with E-state index in [4.69, 9.17) is 23.2 Å². The van der Waals surface area contributed by atoms with Gasteiger partial charge in [0.05, 0.1) is 5.02 Å². The van der Waals surface area contributed by atoms with Crippen molar-refractivity contribution in [1.29, 1.82) is 0 Å². The second-order valence-electron chi connectivity index (χ2n) is 3.50. The summed E-state index contributed by atoms with van der Waals surface area (Å²) < 4.78 is 13.2. The molecule has 1 rings (SSSR count). The summed E-state index contributed by atoms with van der Waals surface area (Å²) in [6, 6.07) is 2.62. The van der Waals surface area contributed by atoms with Gasteiger partial charge < -0.3 is 0 Å². The Bertz CT molecular complexity index is 356. The Balaban J connectivity index is 3.07. The minimum absolute atomic E-state index is 0.0735. The lowest BCUT2D eigenvalue weighted by molar-refractivity contribution is 0.252. The average molecular weight is 251 g/mol. The highest BCUT2D eigenvalue weighted by atomic mass is 35.5. The Morgan fingerprint density at radius 3 is 2.47 bits per heavy atom. The molecule has 0 amide bonds. The number of benzene rings is 1. The summed E-state index contributed by atoms with van der Waals surface area (Å²) in [6.45, 7) is 1.87. The highest BCUT2D eigenvalue weighted by molar-refractivity contribution is 6.36. The topological polar surface area (TPSA) is 15.3 Å². The average Bonchev–Trinajstić information content (AvgIpc) is 2.11. The lowest BCUT2D eigenvalue weighted by atomic mass is 10.1. The second-order valence-corrected chi connectivity index (χ2v) is 4.29. The van der Waals surface area contributed by atoms with E-state index in [1.54, 1.807) is 5.01 Å². The van der Waals surface area contributed by atoms with E-state index < -0.39 is 5.82 Å². The lowest BCUT2D eigenvalue weighted by Crippen LogP contribution is -2.33. The number of halogens is 3. The maximum absolute atomic E-state index is 13.2. The molecule has 0 aliphatic heterocycles. The molecule has 0 aromatic heterocycles. The van der Waals surface area contributed by atoms with Gasteiger partial charge in [0, 0.05) is 30.7 Å². The first kappa shape index (κ1) is 12.7. The van der Waals surface area contributed by atoms with Gasteiger partial charge in [-0.1, -0.05) is 23.2 Å². The van der Waals surface area contributed by atoms with Crippen LogP contribution in [0, 0.1) is 5.82 Å². The maximum atomic E-state index is 13.2. The van der Waals surface area contributed by atoms with Crippen LogP contribution in [-0.2, 0) is 0 Å². The number of hydrazine groups is 1. The van der Waals surface area contributed by atoms with E-state index >= 15 is 0 Å². The van der Waals surface area contributed by atoms with Crippen LogP contribution in [0.4, 0.5) is 4.39 Å². The molecule has 0 aliphatic rings. The van der Waals surface area contributed by atoms with Crippen molar-refractivity contribution in [2.24, 2.45) is 0 Å². The van der Waals surface area contributed by atoms with Crippen LogP contribution in [0.25, 0.3) is 0 Å². The zero-order chi connectivity index (χ0) is 11.6. The quantitative estimate of drug-likeness (QED) is 0.655. The van der Waals surface area contributed by atoms with Crippen molar-refractivity contribution >= 4 is 23.2 Å². The van der Waals surface area contributed by atoms with Gasteiger partial charge in [0.2, 0.25) is 0 Å². The van der Waals surface area contributed by atoms with E-state index in [0.717, 1.165) is 0 Å². The normalized spacial score (nSPS) is 13.3. The highest BCUT2D eigenvalue weighted by Crippen LogP contribution is 2.32. The molecule has 0 bridgehead atoms. The van der Waals surface area contributed by atoms with Crippen molar-refractivity contribution in [3.8, 4) is 0 Å². The van der Waals surface area contributed by atoms with Crippen LogP contribution in [0.1, 0.15) is 18.5 Å². The van der Waals surface area contributed by atoms with Gasteiger partial charge in [-0.25, -0.2) is 9.82 Å². The molecule has 1 N–H and O–H groups in total. The van der Waals surface area contributed by atoms with Crippen molar-refractivity contribution in [3.05, 3.63) is 33.6 Å². The first-order valence-corrected chi connectivity index (χ1v) is 5.26. The molecule has 84 valence electrons. The summed E-state index contributed by atoms with van der Waals surface area (Å²) in [5.41, 5.74) is 3.64. The molecule has 0 spiro atoms. The highest BCUT2D eigenvalue weighted by Gasteiger charge is 2.16. The second kappa shape index (κ2) is 5.12. The van der Waals surface area contributed by atoms with Crippen molar-refractivity contribution in [1.82, 2.24) is 10.4 Å². The third-order valence-electron chi connectivity index (χ3n) is 1.96. The van der Waals surface area contributed by atoms with Crippen LogP contribution in [0.3, 0.4) is 0 Å². The Hall–Kier alpha value is -0.350. The Kier molecular flexibility index (Phi) is 4.34. The van der Waals surface area contributed by atoms with Crippen LogP contribution < -0.4 is 5.43 Å². The number of hydrogen-bond donors (Lipinski definition) is 1. The molecule has 1 atom stereocenters. The molecule has 2 nitrogen and oxygen atoms in total. The minimum atomic E-state index is -0.455. The Morgan fingerprint density at radius 2 is 1.93 bits per heavy atom. The molecule has 0 heterocycles. The largest absolute Gasteiger partial charge is 0.250 e. The van der Waals surface area contributed by atoms with Gasteiger partial charge >= 0.3 is 0 Å². The molecule has 1 aromatic carbocycles. The Labute approximate surface area is 98.9 Å². The standard InChI is InChI=1S/C10H13Cl2FN2/c1-6(14-15(2)3)9-7(11)4-5-8(13)10(9)12/h4-6,14H,1-3H3. The fraction of sp³-hybridized carbons (Fsp3) is 0.400. The molecular weight excluding hydrogens is 238 g/mol. The predicted octanol–water partition coefficient (Wildman–Crippen LogP) is 3.26. The molecule has 0 fully saturated rings. The van der Waals surface area contributed by atoms with Gasteiger partial charge in [0.25, 0.3) is 0 Å². The molecule has 1 aromatic rings. The number of nitrogens with zero attached hydrogens (tertiary/aromatic N) is 1. The van der Waals surface area contributed by atoms with Crippen LogP contribution in [-0.4, -0.2) is 19.1 Å². The summed E-state index contributed by atoms with van der Waals surface area (Å²) in [4.78, 5) is 0. The SMILES string of the molecule is CC(NN(C)C)c1c(Cl)ccc(F)c1Cl. The first-order valence-electron chi connectivity index (χ1n) is 4.50. The van der Waals surface area contributed by atoms with Crippen LogP contribution in [0.2, 0.25) is 10.0 Å². The van der Waals surface area contributed by atoms with Crippen molar-refractivity contribution in [2.75, 3.05) is 14.1 Å². The summed E-state index contributed by atoms with van der Waals surface area (Å²) >= 11 is 11.8. The molecule has 0 saturated carbocycles. The van der Waals surface area contributed by atoms with Gasteiger partial charge in [0.15, 0.2) is 0 Å². The van der Waals surface area contributed by atoms with Crippen LogP contribution in [0.15, 0.2) is 12.1 Å². The van der Waals surface area contributed by atoms with Gasteiger partial charge in [-0.15, -0.1) is 0 Å². The van der Waals surface area contributed by atoms with E-state index in [1.165, 1.54) is 12.1 Å². The van der Waals surface area contributed by atoms with Crippen molar-refractivity contribution < 1.29 is 4.39 Å². The molecule has 5 heteroatoms. The number of rotatable bonds is 3. The number of nitrogens with one attached hydrogen (secondary N) is 1. The van der Waals surface area contributed by atoms with E-state index in [-0.39, 0.29) is 11.1 Å². The van der Waals surface area contributed by atoms with Gasteiger partial charge in [-0.05, 0) is 19.1 Å². The third kappa shape index (κ3) is 3.05. The van der Waals surface area contributed by atoms with Crippen LogP contribution in [0.5, 0.6) is 0 Å². The van der Waals surface area contributed by atoms with Gasteiger partial charge in [0.1, 0.15) is 5.82 Å². The van der Waals surface area contributed by atoms with Gasteiger partial charge in [-0.3, -0.25) is 5.01 Å². The molecular formula is C10H13Cl2FN2. The van der Waals surface area contributed by atoms with Crippen molar-refractivity contribution in [3.63, 3.8) is 0 Å². The summed E-state index contributed by atoms with van der Waals surface area (Å²) in [7, 11) is 3.69. The lowest BCUT2D eigenvalue weighted by Gasteiger charge is -2.21. The van der Waals surface area contributed by atoms with Gasteiger partial charge in [-0.2, -0.15) is 0 Å². The smallest absolute Gasteiger partial charge is 0.142 e. The molecule has 0 saturated heterocycles. The van der Waals surface area contributed by atoms with E-state index in [0.29, 0.717) is 10.6 Å². The molecule has 15 heavy (non-hydrogen) atoms. The predicted molar refractivity (Wildman–Crippen MR) is 61.7 cm³/mol. The maximum Gasteiger partial charge on any atom is 0.142 e. The minimum Gasteiger partial charge on any atom is -0.250 e. The fourth-order valence-electron chi connectivity index (χ4n) is 1.39. The zero-order valence-electron chi connectivity index (χ0n) is 8.81. The summed E-state index contributed by atoms with van der Waals surface area (Å²) in [6.07, 6.45) is 0. The first-order chi connectivity index (χ1) is 6.93. The monoisotopic (exact) mass is 250 g/mol. The van der Waals surface area contributed by atoms with E-state index in [1.807, 2.05) is 21.0 Å². The van der Waals surface area contributed by atoms with E-state index in [9.17, 15) is 4.39 Å². The Morgan fingerprint density at radius 1 is 1.33 bits per heavy atom. The summed E-state index contributed by atoms with van der Waals surface area (Å²) in [5.74, 6) is -0.455. The molecule has 1 unspecified atom stereocenters. The third-order valence-corrected chi connectivity index (χ3v) is 2.68. The fourth-order valence-corrected chi connectivity index (χ4v) is 2.09. The molecule has 0 aliphatic carbocycles. The zero-order valence-corrected chi connectivity index (χ0v) is 10.3.